The van der Waals surface area contributed by atoms with Crippen molar-refractivity contribution in [1.29, 1.82) is 0 Å². The van der Waals surface area contributed by atoms with Gasteiger partial charge < -0.3 is 9.13 Å². The Labute approximate surface area is 126 Å². The van der Waals surface area contributed by atoms with Crippen molar-refractivity contribution in [2.75, 3.05) is 0 Å². The summed E-state index contributed by atoms with van der Waals surface area (Å²) >= 11 is 6.22. The minimum atomic E-state index is -0.283. The van der Waals surface area contributed by atoms with Crippen LogP contribution in [0.2, 0.25) is 0 Å². The van der Waals surface area contributed by atoms with E-state index in [4.69, 9.17) is 11.6 Å². The summed E-state index contributed by atoms with van der Waals surface area (Å²) in [5.41, 5.74) is 2.03. The molecule has 0 saturated carbocycles. The summed E-state index contributed by atoms with van der Waals surface area (Å²) in [7, 11) is 1.88. The van der Waals surface area contributed by atoms with E-state index in [0.717, 1.165) is 11.3 Å². The number of halogens is 2. The summed E-state index contributed by atoms with van der Waals surface area (Å²) in [6.45, 7) is 4.07. The monoisotopic (exact) mass is 307 g/mol. The van der Waals surface area contributed by atoms with Crippen LogP contribution in [0.4, 0.5) is 4.39 Å². The summed E-state index contributed by atoms with van der Waals surface area (Å²) in [5.74, 6) is 1.22. The smallest absolute Gasteiger partial charge is 0.152 e. The topological polar surface area (TPSA) is 48.5 Å². The third-order valence-electron chi connectivity index (χ3n) is 3.52. The Morgan fingerprint density at radius 3 is 2.76 bits per heavy atom. The molecular weight excluding hydrogens is 293 g/mol. The van der Waals surface area contributed by atoms with Gasteiger partial charge in [0.15, 0.2) is 5.82 Å². The van der Waals surface area contributed by atoms with Gasteiger partial charge in [0.05, 0.1) is 23.0 Å². The minimum Gasteiger partial charge on any atom is -0.319 e. The summed E-state index contributed by atoms with van der Waals surface area (Å²) in [5, 5.41) is 7.68. The van der Waals surface area contributed by atoms with Gasteiger partial charge >= 0.3 is 0 Å². The molecule has 0 radical (unpaired) electrons. The normalized spacial score (nSPS) is 13.0. The maximum atomic E-state index is 13.7. The second-order valence-electron chi connectivity index (χ2n) is 5.12. The number of hydrogen-bond acceptors (Lipinski definition) is 3. The van der Waals surface area contributed by atoms with Crippen LogP contribution in [0.1, 0.15) is 29.5 Å². The molecule has 21 heavy (non-hydrogen) atoms. The van der Waals surface area contributed by atoms with Crippen molar-refractivity contribution < 1.29 is 4.39 Å². The number of fused-ring (bicyclic) bond motifs is 1. The molecule has 110 valence electrons. The molecule has 3 rings (SSSR count). The van der Waals surface area contributed by atoms with E-state index >= 15 is 0 Å². The van der Waals surface area contributed by atoms with Gasteiger partial charge in [-0.3, -0.25) is 0 Å². The molecule has 0 spiro atoms. The van der Waals surface area contributed by atoms with E-state index in [1.165, 1.54) is 6.07 Å². The van der Waals surface area contributed by atoms with Crippen molar-refractivity contribution in [3.8, 4) is 0 Å². The van der Waals surface area contributed by atoms with Crippen LogP contribution in [0, 0.1) is 12.7 Å². The van der Waals surface area contributed by atoms with Crippen LogP contribution < -0.4 is 0 Å². The summed E-state index contributed by atoms with van der Waals surface area (Å²) < 4.78 is 17.5. The zero-order chi connectivity index (χ0) is 15.1. The number of imidazole rings is 1. The van der Waals surface area contributed by atoms with E-state index in [9.17, 15) is 4.39 Å². The Morgan fingerprint density at radius 1 is 1.38 bits per heavy atom. The van der Waals surface area contributed by atoms with Gasteiger partial charge in [0.1, 0.15) is 18.0 Å². The third kappa shape index (κ3) is 2.40. The maximum Gasteiger partial charge on any atom is 0.152 e. The van der Waals surface area contributed by atoms with Crippen LogP contribution in [0.25, 0.3) is 11.0 Å². The fourth-order valence-corrected chi connectivity index (χ4v) is 2.50. The molecule has 0 fully saturated rings. The largest absolute Gasteiger partial charge is 0.319 e. The molecule has 0 saturated heterocycles. The average molecular weight is 308 g/mol. The van der Waals surface area contributed by atoms with Crippen molar-refractivity contribution in [3.05, 3.63) is 41.5 Å². The molecule has 7 heteroatoms. The summed E-state index contributed by atoms with van der Waals surface area (Å²) in [6, 6.07) is 3.23. The molecule has 0 aliphatic heterocycles. The first-order valence-corrected chi connectivity index (χ1v) is 7.04. The number of nitrogens with zero attached hydrogens (tertiary/aromatic N) is 5. The number of hydrogen-bond donors (Lipinski definition) is 0. The first-order valence-electron chi connectivity index (χ1n) is 6.60. The van der Waals surface area contributed by atoms with Crippen LogP contribution in [-0.2, 0) is 13.6 Å². The zero-order valence-corrected chi connectivity index (χ0v) is 12.8. The summed E-state index contributed by atoms with van der Waals surface area (Å²) in [6.07, 6.45) is 1.64. The highest BCUT2D eigenvalue weighted by molar-refractivity contribution is 6.20. The minimum absolute atomic E-state index is 0.264. The van der Waals surface area contributed by atoms with Crippen LogP contribution in [-0.4, -0.2) is 24.3 Å². The van der Waals surface area contributed by atoms with Gasteiger partial charge in [-0.1, -0.05) is 0 Å². The molecule has 1 unspecified atom stereocenters. The van der Waals surface area contributed by atoms with Crippen LogP contribution in [0.5, 0.6) is 0 Å². The molecule has 0 bridgehead atoms. The predicted octanol–water partition coefficient (Wildman–Crippen LogP) is 2.96. The Morgan fingerprint density at radius 2 is 2.14 bits per heavy atom. The SMILES string of the molecule is Cc1cc2c(cc1F)nc(C(C)Cl)n2Cc1nncn1C. The van der Waals surface area contributed by atoms with Gasteiger partial charge in [-0.05, 0) is 25.5 Å². The molecule has 1 aromatic carbocycles. The van der Waals surface area contributed by atoms with E-state index < -0.39 is 0 Å². The first kappa shape index (κ1) is 14.0. The molecule has 5 nitrogen and oxygen atoms in total. The Kier molecular flexibility index (Phi) is 3.41. The highest BCUT2D eigenvalue weighted by atomic mass is 35.5. The molecule has 0 N–H and O–H groups in total. The van der Waals surface area contributed by atoms with Crippen molar-refractivity contribution in [2.24, 2.45) is 7.05 Å². The molecule has 3 aromatic rings. The lowest BCUT2D eigenvalue weighted by Crippen LogP contribution is -2.09. The van der Waals surface area contributed by atoms with E-state index in [0.29, 0.717) is 23.4 Å². The molecule has 0 aliphatic rings. The van der Waals surface area contributed by atoms with Gasteiger partial charge in [0.2, 0.25) is 0 Å². The number of rotatable bonds is 3. The highest BCUT2D eigenvalue weighted by Crippen LogP contribution is 2.27. The Bertz CT molecular complexity index is 805. The van der Waals surface area contributed by atoms with Crippen LogP contribution in [0.3, 0.4) is 0 Å². The Balaban J connectivity index is 2.20. The lowest BCUT2D eigenvalue weighted by atomic mass is 10.2. The Hall–Kier alpha value is -1.95. The molecule has 0 amide bonds. The molecule has 2 heterocycles. The van der Waals surface area contributed by atoms with E-state index in [-0.39, 0.29) is 11.2 Å². The number of aromatic nitrogens is 5. The van der Waals surface area contributed by atoms with E-state index in [1.807, 2.05) is 23.1 Å². The third-order valence-corrected chi connectivity index (χ3v) is 3.71. The molecule has 0 aliphatic carbocycles. The summed E-state index contributed by atoms with van der Waals surface area (Å²) in [4.78, 5) is 4.46. The molecule has 1 atom stereocenters. The predicted molar refractivity (Wildman–Crippen MR) is 78.8 cm³/mol. The first-order chi connectivity index (χ1) is 9.97. The number of benzene rings is 1. The van der Waals surface area contributed by atoms with Gasteiger partial charge in [0.25, 0.3) is 0 Å². The number of alkyl halides is 1. The standard InChI is InChI=1S/C14H15ClFN5/c1-8-4-12-11(5-10(8)16)18-14(9(2)15)21(12)6-13-19-17-7-20(13)3/h4-5,7,9H,6H2,1-3H3. The number of aryl methyl sites for hydroxylation is 2. The van der Waals surface area contributed by atoms with Gasteiger partial charge in [-0.2, -0.15) is 0 Å². The van der Waals surface area contributed by atoms with E-state index in [2.05, 4.69) is 15.2 Å². The van der Waals surface area contributed by atoms with Crippen molar-refractivity contribution in [1.82, 2.24) is 24.3 Å². The highest BCUT2D eigenvalue weighted by Gasteiger charge is 2.18. The van der Waals surface area contributed by atoms with Crippen molar-refractivity contribution in [3.63, 3.8) is 0 Å². The zero-order valence-electron chi connectivity index (χ0n) is 12.0. The van der Waals surface area contributed by atoms with Crippen molar-refractivity contribution >= 4 is 22.6 Å². The fraction of sp³-hybridized carbons (Fsp3) is 0.357. The second kappa shape index (κ2) is 5.11. The second-order valence-corrected chi connectivity index (χ2v) is 5.77. The van der Waals surface area contributed by atoms with Crippen LogP contribution >= 0.6 is 11.6 Å². The molecule has 2 aromatic heterocycles. The molecular formula is C14H15ClFN5. The quantitative estimate of drug-likeness (QED) is 0.699. The lowest BCUT2D eigenvalue weighted by Gasteiger charge is -2.10. The average Bonchev–Trinajstić information content (AvgIpc) is 2.97. The van der Waals surface area contributed by atoms with Crippen molar-refractivity contribution in [2.45, 2.75) is 25.8 Å². The van der Waals surface area contributed by atoms with E-state index in [1.54, 1.807) is 19.3 Å². The van der Waals surface area contributed by atoms with Gasteiger partial charge in [0, 0.05) is 13.1 Å². The van der Waals surface area contributed by atoms with Gasteiger partial charge in [-0.15, -0.1) is 21.8 Å². The lowest BCUT2D eigenvalue weighted by molar-refractivity contribution is 0.620. The fourth-order valence-electron chi connectivity index (χ4n) is 2.33. The van der Waals surface area contributed by atoms with Crippen LogP contribution in [0.15, 0.2) is 18.5 Å². The maximum absolute atomic E-state index is 13.7. The van der Waals surface area contributed by atoms with Gasteiger partial charge in [-0.25, -0.2) is 9.37 Å².